The molecule has 6 nitrogen and oxygen atoms in total. The first kappa shape index (κ1) is 24.3. The normalized spacial score (nSPS) is 19.5. The number of aliphatic hydroxyl groups excluding tert-OH is 2. The number of ether oxygens (including phenoxy) is 1. The van der Waals surface area contributed by atoms with E-state index in [1.165, 1.54) is 11.8 Å². The maximum absolute atomic E-state index is 12.2. The number of para-hydroxylation sites is 1. The number of aryl methyl sites for hydroxylation is 1. The van der Waals surface area contributed by atoms with Gasteiger partial charge >= 0.3 is 0 Å². The van der Waals surface area contributed by atoms with Gasteiger partial charge in [0.1, 0.15) is 30.8 Å². The van der Waals surface area contributed by atoms with Gasteiger partial charge in [-0.1, -0.05) is 54.6 Å². The van der Waals surface area contributed by atoms with Crippen molar-refractivity contribution in [1.29, 1.82) is 0 Å². The van der Waals surface area contributed by atoms with E-state index >= 15 is 0 Å². The summed E-state index contributed by atoms with van der Waals surface area (Å²) in [6.07, 6.45) is 2.82. The van der Waals surface area contributed by atoms with Crippen molar-refractivity contribution in [2.45, 2.75) is 32.4 Å². The minimum Gasteiger partial charge on any atom is -0.489 e. The molecule has 1 fully saturated rings. The fourth-order valence-corrected chi connectivity index (χ4v) is 4.63. The van der Waals surface area contributed by atoms with E-state index in [0.29, 0.717) is 17.3 Å². The molecule has 1 heterocycles. The SMILES string of the molecule is CCC/N=C1\S/C(=C\c2ccc(OC[C@H](O)CO)c(Cl)c2)[C@@H](C=O)N1c1ccccc1C. The lowest BCUT2D eigenvalue weighted by Crippen LogP contribution is -2.35. The molecule has 0 amide bonds. The Morgan fingerprint density at radius 3 is 2.75 bits per heavy atom. The van der Waals surface area contributed by atoms with Crippen LogP contribution in [0.3, 0.4) is 0 Å². The highest BCUT2D eigenvalue weighted by molar-refractivity contribution is 8.18. The van der Waals surface area contributed by atoms with Gasteiger partial charge < -0.3 is 24.6 Å². The minimum atomic E-state index is -0.968. The maximum atomic E-state index is 12.2. The van der Waals surface area contributed by atoms with E-state index in [0.717, 1.165) is 39.6 Å². The number of benzene rings is 2. The van der Waals surface area contributed by atoms with Gasteiger partial charge in [-0.15, -0.1) is 0 Å². The summed E-state index contributed by atoms with van der Waals surface area (Å²) < 4.78 is 5.45. The molecule has 1 aliphatic rings. The second-order valence-electron chi connectivity index (χ2n) is 7.39. The lowest BCUT2D eigenvalue weighted by Gasteiger charge is -2.24. The fourth-order valence-electron chi connectivity index (χ4n) is 3.23. The lowest BCUT2D eigenvalue weighted by atomic mass is 10.1. The third-order valence-electron chi connectivity index (χ3n) is 4.87. The van der Waals surface area contributed by atoms with Crippen LogP contribution in [0.2, 0.25) is 5.02 Å². The van der Waals surface area contributed by atoms with Crippen molar-refractivity contribution in [1.82, 2.24) is 0 Å². The third kappa shape index (κ3) is 5.72. The molecule has 2 aromatic carbocycles. The molecule has 32 heavy (non-hydrogen) atoms. The summed E-state index contributed by atoms with van der Waals surface area (Å²) >= 11 is 7.83. The van der Waals surface area contributed by atoms with Crippen molar-refractivity contribution < 1.29 is 19.7 Å². The van der Waals surface area contributed by atoms with Crippen LogP contribution < -0.4 is 9.64 Å². The number of carbonyl (C=O) groups excluding carboxylic acids is 1. The van der Waals surface area contributed by atoms with Crippen molar-refractivity contribution in [2.75, 3.05) is 24.7 Å². The van der Waals surface area contributed by atoms with Gasteiger partial charge in [0.05, 0.1) is 11.6 Å². The van der Waals surface area contributed by atoms with Gasteiger partial charge in [-0.05, 0) is 48.7 Å². The number of hydrogen-bond acceptors (Lipinski definition) is 6. The summed E-state index contributed by atoms with van der Waals surface area (Å²) in [6.45, 7) is 4.34. The van der Waals surface area contributed by atoms with E-state index in [-0.39, 0.29) is 13.2 Å². The Labute approximate surface area is 197 Å². The molecule has 1 aliphatic heterocycles. The molecule has 0 radical (unpaired) electrons. The Kier molecular flexibility index (Phi) is 8.75. The summed E-state index contributed by atoms with van der Waals surface area (Å²) in [4.78, 5) is 19.8. The zero-order chi connectivity index (χ0) is 23.1. The van der Waals surface area contributed by atoms with Crippen LogP contribution in [-0.4, -0.2) is 53.6 Å². The Morgan fingerprint density at radius 1 is 1.31 bits per heavy atom. The molecule has 3 rings (SSSR count). The van der Waals surface area contributed by atoms with Crippen molar-refractivity contribution in [3.8, 4) is 5.75 Å². The quantitative estimate of drug-likeness (QED) is 0.527. The van der Waals surface area contributed by atoms with Gasteiger partial charge in [0.2, 0.25) is 0 Å². The second kappa shape index (κ2) is 11.5. The molecule has 2 atom stereocenters. The first-order chi connectivity index (χ1) is 15.5. The van der Waals surface area contributed by atoms with Crippen molar-refractivity contribution in [3.63, 3.8) is 0 Å². The number of halogens is 1. The highest BCUT2D eigenvalue weighted by Gasteiger charge is 2.36. The summed E-state index contributed by atoms with van der Waals surface area (Å²) in [7, 11) is 0. The van der Waals surface area contributed by atoms with Crippen LogP contribution in [-0.2, 0) is 4.79 Å². The van der Waals surface area contributed by atoms with E-state index in [2.05, 4.69) is 6.92 Å². The highest BCUT2D eigenvalue weighted by atomic mass is 35.5. The maximum Gasteiger partial charge on any atom is 0.169 e. The molecule has 0 unspecified atom stereocenters. The smallest absolute Gasteiger partial charge is 0.169 e. The van der Waals surface area contributed by atoms with Gasteiger partial charge in [0.25, 0.3) is 0 Å². The largest absolute Gasteiger partial charge is 0.489 e. The van der Waals surface area contributed by atoms with E-state index < -0.39 is 12.1 Å². The predicted octanol–water partition coefficient (Wildman–Crippen LogP) is 4.31. The van der Waals surface area contributed by atoms with Gasteiger partial charge in [-0.3, -0.25) is 4.99 Å². The van der Waals surface area contributed by atoms with Crippen LogP contribution in [0.15, 0.2) is 52.4 Å². The number of rotatable bonds is 9. The average Bonchev–Trinajstić information content (AvgIpc) is 3.13. The Morgan fingerprint density at radius 2 is 2.09 bits per heavy atom. The third-order valence-corrected chi connectivity index (χ3v) is 6.27. The fraction of sp³-hybridized carbons (Fsp3) is 0.333. The second-order valence-corrected chi connectivity index (χ2v) is 8.84. The number of aliphatic imine (C=N–C) groups is 1. The van der Waals surface area contributed by atoms with Gasteiger partial charge in [0.15, 0.2) is 5.17 Å². The lowest BCUT2D eigenvalue weighted by molar-refractivity contribution is -0.108. The number of nitrogens with zero attached hydrogens (tertiary/aromatic N) is 2. The van der Waals surface area contributed by atoms with Crippen LogP contribution in [0.5, 0.6) is 5.75 Å². The average molecular weight is 475 g/mol. The monoisotopic (exact) mass is 474 g/mol. The predicted molar refractivity (Wildman–Crippen MR) is 132 cm³/mol. The molecule has 0 saturated carbocycles. The van der Waals surface area contributed by atoms with Crippen LogP contribution in [0.25, 0.3) is 6.08 Å². The van der Waals surface area contributed by atoms with Crippen LogP contribution in [0, 0.1) is 6.92 Å². The highest BCUT2D eigenvalue weighted by Crippen LogP contribution is 2.40. The van der Waals surface area contributed by atoms with Crippen LogP contribution in [0.4, 0.5) is 5.69 Å². The Bertz CT molecular complexity index is 1010. The topological polar surface area (TPSA) is 82.4 Å². The molecule has 0 bridgehead atoms. The zero-order valence-electron chi connectivity index (χ0n) is 18.1. The summed E-state index contributed by atoms with van der Waals surface area (Å²) in [5.41, 5.74) is 2.85. The molecule has 0 aromatic heterocycles. The summed E-state index contributed by atoms with van der Waals surface area (Å²) in [6, 6.07) is 12.8. The first-order valence-electron chi connectivity index (χ1n) is 10.4. The van der Waals surface area contributed by atoms with Crippen molar-refractivity contribution in [3.05, 3.63) is 63.5 Å². The number of aldehydes is 1. The summed E-state index contributed by atoms with van der Waals surface area (Å²) in [5.74, 6) is 0.416. The number of amidine groups is 1. The number of anilines is 1. The molecule has 2 aromatic rings. The van der Waals surface area contributed by atoms with Gasteiger partial charge in [-0.25, -0.2) is 0 Å². The van der Waals surface area contributed by atoms with E-state index in [4.69, 9.17) is 26.4 Å². The van der Waals surface area contributed by atoms with Crippen molar-refractivity contribution in [2.24, 2.45) is 4.99 Å². The molecule has 1 saturated heterocycles. The van der Waals surface area contributed by atoms with E-state index in [1.54, 1.807) is 12.1 Å². The minimum absolute atomic E-state index is 0.0532. The number of thioether (sulfide) groups is 1. The molecular formula is C24H27ClN2O4S. The first-order valence-corrected chi connectivity index (χ1v) is 11.6. The van der Waals surface area contributed by atoms with E-state index in [9.17, 15) is 9.90 Å². The van der Waals surface area contributed by atoms with Crippen LogP contribution >= 0.6 is 23.4 Å². The molecule has 8 heteroatoms. The Balaban J connectivity index is 1.92. The number of hydrogen-bond donors (Lipinski definition) is 2. The van der Waals surface area contributed by atoms with E-state index in [1.807, 2.05) is 48.2 Å². The van der Waals surface area contributed by atoms with Crippen molar-refractivity contribution >= 4 is 46.6 Å². The number of aliphatic hydroxyl groups is 2. The van der Waals surface area contributed by atoms with Crippen LogP contribution in [0.1, 0.15) is 24.5 Å². The number of carbonyl (C=O) groups is 1. The zero-order valence-corrected chi connectivity index (χ0v) is 19.6. The van der Waals surface area contributed by atoms with Gasteiger partial charge in [0, 0.05) is 17.1 Å². The summed E-state index contributed by atoms with van der Waals surface area (Å²) in [5, 5.41) is 19.6. The molecular weight excluding hydrogens is 448 g/mol. The molecule has 0 spiro atoms. The standard InChI is InChI=1S/C24H27ClN2O4S/c1-3-10-26-24-27(20-7-5-4-6-16(20)2)21(14-29)23(32-24)12-17-8-9-22(19(25)11-17)31-15-18(30)13-28/h4-9,11-12,14,18,21,28,30H,3,10,13,15H2,1-2H3/b23-12-,26-24-/t18-,21-/m1/s1. The Hall–Kier alpha value is -2.32. The van der Waals surface area contributed by atoms with Gasteiger partial charge in [-0.2, -0.15) is 0 Å². The molecule has 0 aliphatic carbocycles. The molecule has 2 N–H and O–H groups in total. The molecule has 170 valence electrons.